The Balaban J connectivity index is 1.15. The maximum Gasteiger partial charge on any atom is 0.228 e. The van der Waals surface area contributed by atoms with Crippen LogP contribution in [0.25, 0.3) is 10.8 Å². The van der Waals surface area contributed by atoms with E-state index in [4.69, 9.17) is 0 Å². The van der Waals surface area contributed by atoms with Gasteiger partial charge in [0.15, 0.2) is 0 Å². The van der Waals surface area contributed by atoms with E-state index in [1.807, 2.05) is 36.4 Å². The van der Waals surface area contributed by atoms with Crippen molar-refractivity contribution in [1.82, 2.24) is 4.90 Å². The molecular weight excluding hydrogens is 406 g/mol. The molecular formula is C29H29N3O. The third kappa shape index (κ3) is 5.24. The summed E-state index contributed by atoms with van der Waals surface area (Å²) in [4.78, 5) is 17.6. The summed E-state index contributed by atoms with van der Waals surface area (Å²) in [6, 6.07) is 33.2. The summed E-state index contributed by atoms with van der Waals surface area (Å²) in [5.74, 6) is 0.00799. The number of nitrogens with one attached hydrogen (secondary N) is 1. The molecule has 0 saturated carbocycles. The molecule has 4 nitrogen and oxygen atoms in total. The summed E-state index contributed by atoms with van der Waals surface area (Å²) in [5.41, 5.74) is 4.47. The highest BCUT2D eigenvalue weighted by molar-refractivity contribution is 5.96. The van der Waals surface area contributed by atoms with Gasteiger partial charge in [-0.2, -0.15) is 0 Å². The molecule has 0 aromatic heterocycles. The standard InChI is InChI=1S/C29H29N3O/c33-29(21-25-11-6-10-24-9-4-5-12-28(24)25)30-26-13-15-27(16-14-26)32-19-17-31(18-20-32)22-23-7-2-1-3-8-23/h1-16H,17-22H2,(H,30,33). The zero-order valence-corrected chi connectivity index (χ0v) is 18.8. The van der Waals surface area contributed by atoms with Gasteiger partial charge in [0.25, 0.3) is 0 Å². The second kappa shape index (κ2) is 9.88. The fourth-order valence-electron chi connectivity index (χ4n) is 4.59. The minimum atomic E-state index is 0.00799. The molecule has 5 rings (SSSR count). The molecule has 4 aromatic rings. The molecule has 1 N–H and O–H groups in total. The van der Waals surface area contributed by atoms with Crippen molar-refractivity contribution in [3.8, 4) is 0 Å². The van der Waals surface area contributed by atoms with Crippen LogP contribution in [0.1, 0.15) is 11.1 Å². The SMILES string of the molecule is O=C(Cc1cccc2ccccc12)Nc1ccc(N2CCN(Cc3ccccc3)CC2)cc1. The van der Waals surface area contributed by atoms with E-state index in [-0.39, 0.29) is 5.91 Å². The lowest BCUT2D eigenvalue weighted by molar-refractivity contribution is -0.115. The van der Waals surface area contributed by atoms with Crippen molar-refractivity contribution < 1.29 is 4.79 Å². The lowest BCUT2D eigenvalue weighted by atomic mass is 10.0. The van der Waals surface area contributed by atoms with Gasteiger partial charge < -0.3 is 10.2 Å². The zero-order valence-electron chi connectivity index (χ0n) is 18.8. The predicted molar refractivity (Wildman–Crippen MR) is 137 cm³/mol. The summed E-state index contributed by atoms with van der Waals surface area (Å²) in [7, 11) is 0. The highest BCUT2D eigenvalue weighted by Gasteiger charge is 2.17. The lowest BCUT2D eigenvalue weighted by Crippen LogP contribution is -2.45. The van der Waals surface area contributed by atoms with Crippen molar-refractivity contribution in [2.45, 2.75) is 13.0 Å². The molecule has 0 radical (unpaired) electrons. The third-order valence-corrected chi connectivity index (χ3v) is 6.37. The van der Waals surface area contributed by atoms with E-state index in [2.05, 4.69) is 75.8 Å². The number of rotatable bonds is 6. The first-order valence-corrected chi connectivity index (χ1v) is 11.6. The van der Waals surface area contributed by atoms with Crippen LogP contribution in [-0.4, -0.2) is 37.0 Å². The van der Waals surface area contributed by atoms with E-state index in [0.717, 1.165) is 54.7 Å². The average molecular weight is 436 g/mol. The van der Waals surface area contributed by atoms with Crippen molar-refractivity contribution in [1.29, 1.82) is 0 Å². The van der Waals surface area contributed by atoms with Gasteiger partial charge in [-0.15, -0.1) is 0 Å². The zero-order chi connectivity index (χ0) is 22.5. The number of piperazine rings is 1. The molecule has 1 saturated heterocycles. The van der Waals surface area contributed by atoms with Crippen LogP contribution < -0.4 is 10.2 Å². The van der Waals surface area contributed by atoms with E-state index < -0.39 is 0 Å². The van der Waals surface area contributed by atoms with E-state index >= 15 is 0 Å². The number of carbonyl (C=O) groups is 1. The number of hydrogen-bond acceptors (Lipinski definition) is 3. The maximum absolute atomic E-state index is 12.7. The van der Waals surface area contributed by atoms with Gasteiger partial charge in [-0.25, -0.2) is 0 Å². The van der Waals surface area contributed by atoms with Crippen LogP contribution >= 0.6 is 0 Å². The first kappa shape index (κ1) is 21.2. The van der Waals surface area contributed by atoms with Gasteiger partial charge in [0.1, 0.15) is 0 Å². The molecule has 0 spiro atoms. The van der Waals surface area contributed by atoms with Crippen LogP contribution in [-0.2, 0) is 17.8 Å². The van der Waals surface area contributed by atoms with Crippen LogP contribution in [0, 0.1) is 0 Å². The molecule has 0 bridgehead atoms. The average Bonchev–Trinajstić information content (AvgIpc) is 2.86. The van der Waals surface area contributed by atoms with Gasteiger partial charge in [0.05, 0.1) is 6.42 Å². The molecule has 33 heavy (non-hydrogen) atoms. The first-order valence-electron chi connectivity index (χ1n) is 11.6. The van der Waals surface area contributed by atoms with Crippen LogP contribution in [0.3, 0.4) is 0 Å². The topological polar surface area (TPSA) is 35.6 Å². The Hall–Kier alpha value is -3.63. The minimum absolute atomic E-state index is 0.00799. The monoisotopic (exact) mass is 435 g/mol. The van der Waals surface area contributed by atoms with Crippen molar-refractivity contribution >= 4 is 28.1 Å². The normalized spacial score (nSPS) is 14.4. The van der Waals surface area contributed by atoms with Crippen molar-refractivity contribution in [2.75, 3.05) is 36.4 Å². The molecule has 4 aromatic carbocycles. The van der Waals surface area contributed by atoms with Crippen LogP contribution in [0.5, 0.6) is 0 Å². The molecule has 0 aliphatic carbocycles. The fourth-order valence-corrected chi connectivity index (χ4v) is 4.59. The van der Waals surface area contributed by atoms with Crippen molar-refractivity contribution in [2.24, 2.45) is 0 Å². The summed E-state index contributed by atoms with van der Waals surface area (Å²) >= 11 is 0. The highest BCUT2D eigenvalue weighted by Crippen LogP contribution is 2.22. The summed E-state index contributed by atoms with van der Waals surface area (Å²) in [5, 5.41) is 5.35. The summed E-state index contributed by atoms with van der Waals surface area (Å²) in [6.45, 7) is 5.15. The molecule has 1 fully saturated rings. The van der Waals surface area contributed by atoms with Gasteiger partial charge in [-0.3, -0.25) is 9.69 Å². The number of benzene rings is 4. The second-order valence-corrected chi connectivity index (χ2v) is 8.66. The Labute approximate surface area is 195 Å². The summed E-state index contributed by atoms with van der Waals surface area (Å²) < 4.78 is 0. The Kier molecular flexibility index (Phi) is 6.36. The molecule has 166 valence electrons. The van der Waals surface area contributed by atoms with Crippen molar-refractivity contribution in [3.05, 3.63) is 108 Å². The molecule has 1 aliphatic heterocycles. The van der Waals surface area contributed by atoms with Gasteiger partial charge in [-0.05, 0) is 46.2 Å². The second-order valence-electron chi connectivity index (χ2n) is 8.66. The van der Waals surface area contributed by atoms with E-state index in [1.54, 1.807) is 0 Å². The number of carbonyl (C=O) groups excluding carboxylic acids is 1. The van der Waals surface area contributed by atoms with Gasteiger partial charge in [-0.1, -0.05) is 72.8 Å². The van der Waals surface area contributed by atoms with Crippen LogP contribution in [0.15, 0.2) is 97.1 Å². The maximum atomic E-state index is 12.7. The first-order chi connectivity index (χ1) is 16.2. The number of fused-ring (bicyclic) bond motifs is 1. The largest absolute Gasteiger partial charge is 0.369 e. The number of anilines is 2. The molecule has 4 heteroatoms. The van der Waals surface area contributed by atoms with E-state index in [1.165, 1.54) is 11.3 Å². The lowest BCUT2D eigenvalue weighted by Gasteiger charge is -2.36. The Bertz CT molecular complexity index is 1210. The smallest absolute Gasteiger partial charge is 0.228 e. The van der Waals surface area contributed by atoms with Crippen LogP contribution in [0.4, 0.5) is 11.4 Å². The summed E-state index contributed by atoms with van der Waals surface area (Å²) in [6.07, 6.45) is 0.368. The van der Waals surface area contributed by atoms with Gasteiger partial charge in [0.2, 0.25) is 5.91 Å². The Morgan fingerprint density at radius 2 is 1.42 bits per heavy atom. The Morgan fingerprint density at radius 1 is 0.727 bits per heavy atom. The Morgan fingerprint density at radius 3 is 2.21 bits per heavy atom. The predicted octanol–water partition coefficient (Wildman–Crippen LogP) is 5.34. The fraction of sp³-hybridized carbons (Fsp3) is 0.207. The third-order valence-electron chi connectivity index (χ3n) is 6.37. The van der Waals surface area contributed by atoms with Crippen LogP contribution in [0.2, 0.25) is 0 Å². The molecule has 1 amide bonds. The number of hydrogen-bond donors (Lipinski definition) is 1. The number of amides is 1. The quantitative estimate of drug-likeness (QED) is 0.444. The van der Waals surface area contributed by atoms with Gasteiger partial charge in [0, 0.05) is 44.1 Å². The number of nitrogens with zero attached hydrogens (tertiary/aromatic N) is 2. The van der Waals surface area contributed by atoms with Crippen molar-refractivity contribution in [3.63, 3.8) is 0 Å². The van der Waals surface area contributed by atoms with Gasteiger partial charge >= 0.3 is 0 Å². The molecule has 0 atom stereocenters. The molecule has 0 unspecified atom stereocenters. The molecule has 1 aliphatic rings. The molecule has 1 heterocycles. The van der Waals surface area contributed by atoms with E-state index in [0.29, 0.717) is 6.42 Å². The highest BCUT2D eigenvalue weighted by atomic mass is 16.1. The van der Waals surface area contributed by atoms with E-state index in [9.17, 15) is 4.79 Å². The minimum Gasteiger partial charge on any atom is -0.369 e.